The molecule has 0 heterocycles. The summed E-state index contributed by atoms with van der Waals surface area (Å²) < 4.78 is 26.5. The van der Waals surface area contributed by atoms with Crippen molar-refractivity contribution in [1.82, 2.24) is 5.32 Å². The third-order valence-electron chi connectivity index (χ3n) is 7.87. The maximum absolute atomic E-state index is 15.0. The molecule has 1 aromatic carbocycles. The highest BCUT2D eigenvalue weighted by atomic mass is 19.1. The number of benzene rings is 1. The molecular formula is C27H36FNO4. The normalized spacial score (nSPS) is 30.2. The van der Waals surface area contributed by atoms with E-state index in [0.717, 1.165) is 36.2 Å². The topological polar surface area (TPSA) is 64.6 Å². The van der Waals surface area contributed by atoms with Crippen molar-refractivity contribution >= 4 is 11.9 Å². The van der Waals surface area contributed by atoms with Crippen LogP contribution in [0.2, 0.25) is 0 Å². The Hall–Kier alpha value is -2.11. The number of ether oxygens (including phenoxy) is 2. The summed E-state index contributed by atoms with van der Waals surface area (Å²) in [6.45, 7) is 5.64. The van der Waals surface area contributed by atoms with Gasteiger partial charge >= 0.3 is 5.97 Å². The largest absolute Gasteiger partial charge is 0.493 e. The molecule has 6 heteroatoms. The summed E-state index contributed by atoms with van der Waals surface area (Å²) in [4.78, 5) is 24.5. The first-order chi connectivity index (χ1) is 15.6. The highest BCUT2D eigenvalue weighted by molar-refractivity contribution is 5.96. The molecule has 1 N–H and O–H groups in total. The minimum absolute atomic E-state index is 0.0392. The second-order valence-electron chi connectivity index (χ2n) is 12.1. The summed E-state index contributed by atoms with van der Waals surface area (Å²) in [5, 5.41) is 2.49. The first-order valence-corrected chi connectivity index (χ1v) is 12.6. The molecule has 5 aliphatic rings. The molecule has 0 aliphatic heterocycles. The van der Waals surface area contributed by atoms with Gasteiger partial charge in [0.1, 0.15) is 23.7 Å². The van der Waals surface area contributed by atoms with E-state index in [1.54, 1.807) is 26.8 Å². The summed E-state index contributed by atoms with van der Waals surface area (Å²) in [6, 6.07) is 3.02. The Morgan fingerprint density at radius 1 is 1.06 bits per heavy atom. The first-order valence-electron chi connectivity index (χ1n) is 12.6. The zero-order valence-corrected chi connectivity index (χ0v) is 20.0. The SMILES string of the molecule is CC(C)(C)OC(=O)CNC(=O)c1cc(C2CC2)c(OCC23CC4CC(CC(C4)C2)C3)cc1F. The average Bonchev–Trinajstić information content (AvgIpc) is 3.53. The lowest BCUT2D eigenvalue weighted by Gasteiger charge is -2.56. The van der Waals surface area contributed by atoms with Crippen LogP contribution in [0.25, 0.3) is 0 Å². The van der Waals surface area contributed by atoms with Gasteiger partial charge in [-0.1, -0.05) is 0 Å². The summed E-state index contributed by atoms with van der Waals surface area (Å²) in [5.74, 6) is 1.68. The number of carbonyl (C=O) groups is 2. The second-order valence-corrected chi connectivity index (χ2v) is 12.1. The molecule has 6 rings (SSSR count). The highest BCUT2D eigenvalue weighted by Gasteiger charge is 2.51. The minimum Gasteiger partial charge on any atom is -0.493 e. The van der Waals surface area contributed by atoms with Crippen molar-refractivity contribution in [1.29, 1.82) is 0 Å². The molecule has 0 atom stereocenters. The predicted molar refractivity (Wildman–Crippen MR) is 123 cm³/mol. The van der Waals surface area contributed by atoms with Crippen molar-refractivity contribution in [3.63, 3.8) is 0 Å². The summed E-state index contributed by atoms with van der Waals surface area (Å²) in [5.41, 5.74) is 0.489. The van der Waals surface area contributed by atoms with Gasteiger partial charge in [0.25, 0.3) is 5.91 Å². The molecule has 4 bridgehead atoms. The Kier molecular flexibility index (Phi) is 5.69. The fraction of sp³-hybridized carbons (Fsp3) is 0.704. The zero-order valence-electron chi connectivity index (χ0n) is 20.0. The number of amides is 1. The van der Waals surface area contributed by atoms with Crippen LogP contribution >= 0.6 is 0 Å². The number of esters is 1. The second kappa shape index (κ2) is 8.28. The van der Waals surface area contributed by atoms with Crippen LogP contribution in [-0.4, -0.2) is 30.6 Å². The van der Waals surface area contributed by atoms with Crippen molar-refractivity contribution < 1.29 is 23.5 Å². The van der Waals surface area contributed by atoms with Gasteiger partial charge in [0.2, 0.25) is 0 Å². The molecule has 180 valence electrons. The monoisotopic (exact) mass is 457 g/mol. The molecule has 5 nitrogen and oxygen atoms in total. The van der Waals surface area contributed by atoms with Crippen LogP contribution in [-0.2, 0) is 9.53 Å². The van der Waals surface area contributed by atoms with Crippen molar-refractivity contribution in [2.45, 2.75) is 83.7 Å². The first kappa shape index (κ1) is 22.7. The van der Waals surface area contributed by atoms with Gasteiger partial charge < -0.3 is 14.8 Å². The summed E-state index contributed by atoms with van der Waals surface area (Å²) in [7, 11) is 0. The van der Waals surface area contributed by atoms with Crippen LogP contribution in [0.1, 0.15) is 94.0 Å². The molecular weight excluding hydrogens is 421 g/mol. The van der Waals surface area contributed by atoms with Crippen LogP contribution in [0.3, 0.4) is 0 Å². The maximum atomic E-state index is 15.0. The van der Waals surface area contributed by atoms with E-state index in [-0.39, 0.29) is 17.5 Å². The van der Waals surface area contributed by atoms with E-state index in [9.17, 15) is 14.0 Å². The van der Waals surface area contributed by atoms with Gasteiger partial charge in [-0.05, 0) is 107 Å². The lowest BCUT2D eigenvalue weighted by atomic mass is 9.50. The number of hydrogen-bond acceptors (Lipinski definition) is 4. The van der Waals surface area contributed by atoms with Gasteiger partial charge in [0, 0.05) is 11.5 Å². The van der Waals surface area contributed by atoms with Crippen LogP contribution in [0.5, 0.6) is 5.75 Å². The van der Waals surface area contributed by atoms with E-state index in [2.05, 4.69) is 5.32 Å². The van der Waals surface area contributed by atoms with Gasteiger partial charge in [0.15, 0.2) is 0 Å². The molecule has 0 unspecified atom stereocenters. The Bertz CT molecular complexity index is 911. The molecule has 0 spiro atoms. The molecule has 1 aromatic rings. The third kappa shape index (κ3) is 5.04. The molecule has 33 heavy (non-hydrogen) atoms. The average molecular weight is 458 g/mol. The smallest absolute Gasteiger partial charge is 0.325 e. The van der Waals surface area contributed by atoms with E-state index in [4.69, 9.17) is 9.47 Å². The number of halogens is 1. The number of rotatable bonds is 7. The molecule has 5 aliphatic carbocycles. The summed E-state index contributed by atoms with van der Waals surface area (Å²) >= 11 is 0. The van der Waals surface area contributed by atoms with Gasteiger partial charge in [-0.2, -0.15) is 0 Å². The third-order valence-corrected chi connectivity index (χ3v) is 7.87. The number of nitrogens with one attached hydrogen (secondary N) is 1. The van der Waals surface area contributed by atoms with Crippen molar-refractivity contribution in [3.8, 4) is 5.75 Å². The van der Waals surface area contributed by atoms with Crippen LogP contribution in [0, 0.1) is 29.0 Å². The molecule has 5 fully saturated rings. The van der Waals surface area contributed by atoms with E-state index >= 15 is 0 Å². The molecule has 0 radical (unpaired) electrons. The molecule has 5 saturated carbocycles. The molecule has 1 amide bonds. The minimum atomic E-state index is -0.637. The maximum Gasteiger partial charge on any atom is 0.325 e. The van der Waals surface area contributed by atoms with E-state index in [0.29, 0.717) is 18.3 Å². The molecule has 0 saturated heterocycles. The van der Waals surface area contributed by atoms with Crippen LogP contribution in [0.15, 0.2) is 12.1 Å². The number of hydrogen-bond donors (Lipinski definition) is 1. The Morgan fingerprint density at radius 3 is 2.21 bits per heavy atom. The van der Waals surface area contributed by atoms with Crippen LogP contribution < -0.4 is 10.1 Å². The summed E-state index contributed by atoms with van der Waals surface area (Å²) in [6.07, 6.45) is 9.93. The van der Waals surface area contributed by atoms with Crippen molar-refractivity contribution in [3.05, 3.63) is 29.1 Å². The Morgan fingerprint density at radius 2 is 1.67 bits per heavy atom. The Labute approximate surface area is 195 Å². The van der Waals surface area contributed by atoms with Gasteiger partial charge in [-0.15, -0.1) is 0 Å². The van der Waals surface area contributed by atoms with Crippen LogP contribution in [0.4, 0.5) is 4.39 Å². The van der Waals surface area contributed by atoms with Gasteiger partial charge in [0.05, 0.1) is 12.2 Å². The van der Waals surface area contributed by atoms with E-state index in [1.165, 1.54) is 44.6 Å². The van der Waals surface area contributed by atoms with Crippen molar-refractivity contribution in [2.24, 2.45) is 23.2 Å². The van der Waals surface area contributed by atoms with Gasteiger partial charge in [-0.25, -0.2) is 4.39 Å². The molecule has 0 aromatic heterocycles. The predicted octanol–water partition coefficient (Wildman–Crippen LogP) is 5.37. The van der Waals surface area contributed by atoms with E-state index in [1.807, 2.05) is 0 Å². The highest BCUT2D eigenvalue weighted by Crippen LogP contribution is 2.60. The standard InChI is InChI=1S/C27H36FNO4/c1-26(2,3)33-24(30)14-29-25(31)21-9-20(19-4-5-19)23(10-22(21)28)32-15-27-11-16-6-17(12-27)8-18(7-16)13-27/h9-10,16-19H,4-8,11-15H2,1-3H3,(H,29,31). The number of carbonyl (C=O) groups excluding carboxylic acids is 2. The van der Waals surface area contributed by atoms with Gasteiger partial charge in [-0.3, -0.25) is 9.59 Å². The van der Waals surface area contributed by atoms with E-state index < -0.39 is 23.3 Å². The fourth-order valence-electron chi connectivity index (χ4n) is 6.91. The van der Waals surface area contributed by atoms with Crippen molar-refractivity contribution in [2.75, 3.05) is 13.2 Å². The fourth-order valence-corrected chi connectivity index (χ4v) is 6.91. The zero-order chi connectivity index (χ0) is 23.4. The lowest BCUT2D eigenvalue weighted by Crippen LogP contribution is -2.48. The quantitative estimate of drug-likeness (QED) is 0.559. The Balaban J connectivity index is 1.27. The lowest BCUT2D eigenvalue weighted by molar-refractivity contribution is -0.153.